The first-order valence-electron chi connectivity index (χ1n) is 39.4. The zero-order valence-electron chi connectivity index (χ0n) is 68.3. The van der Waals surface area contributed by atoms with Crippen molar-refractivity contribution in [2.45, 2.75) is 169 Å². The maximum atomic E-state index is 16.3. The highest BCUT2D eigenvalue weighted by Gasteiger charge is 2.53. The Kier molecular flexibility index (Phi) is 29.1. The molecule has 0 radical (unpaired) electrons. The van der Waals surface area contributed by atoms with Crippen LogP contribution in [0.15, 0.2) is 121 Å². The smallest absolute Gasteiger partial charge is 0.508 e. The first-order chi connectivity index (χ1) is 60.9. The lowest BCUT2D eigenvalue weighted by Crippen LogP contribution is -2.65. The van der Waals surface area contributed by atoms with Crippen LogP contribution in [0.4, 0.5) is 23.2 Å². The monoisotopic (exact) mass is 1840 g/mol. The number of ether oxygens (including phenoxy) is 7. The maximum absolute atomic E-state index is 16.3. The van der Waals surface area contributed by atoms with E-state index in [4.69, 9.17) is 63.1 Å². The van der Waals surface area contributed by atoms with Crippen LogP contribution in [0.5, 0.6) is 51.7 Å². The highest BCUT2D eigenvalue weighted by atomic mass is 35.5. The number of amides is 11. The lowest BCUT2D eigenvalue weighted by molar-refractivity contribution is -0.334. The van der Waals surface area contributed by atoms with E-state index in [1.807, 2.05) is 5.43 Å². The van der Waals surface area contributed by atoms with Crippen molar-refractivity contribution in [1.29, 1.82) is 0 Å². The molecule has 7 aliphatic rings. The van der Waals surface area contributed by atoms with E-state index in [1.165, 1.54) is 32.2 Å². The Morgan fingerprint density at radius 1 is 0.682 bits per heavy atom. The minimum atomic E-state index is -5.21. The number of phenols is 3. The van der Waals surface area contributed by atoms with E-state index in [9.17, 15) is 92.3 Å². The first-order valence-corrected chi connectivity index (χ1v) is 40.2. The Hall–Kier alpha value is -12.8. The molecule has 18 atom stereocenters. The molecule has 2 fully saturated rings. The minimum absolute atomic E-state index is 0.0473. The molecule has 0 aromatic heterocycles. The predicted molar refractivity (Wildman–Crippen MR) is 437 cm³/mol. The number of rotatable bonds is 19. The number of carbonyl (C=O) groups excluding carboxylic acids is 11. The zero-order valence-corrected chi connectivity index (χ0v) is 69.8. The third-order valence-electron chi connectivity index (χ3n) is 21.6. The van der Waals surface area contributed by atoms with Gasteiger partial charge in [-0.05, 0) is 152 Å². The number of primary amides is 2. The van der Waals surface area contributed by atoms with E-state index in [0.717, 1.165) is 72.8 Å². The van der Waals surface area contributed by atoms with E-state index < -0.39 is 289 Å². The second kappa shape index (κ2) is 39.4. The van der Waals surface area contributed by atoms with Gasteiger partial charge in [-0.3, -0.25) is 63.6 Å². The summed E-state index contributed by atoms with van der Waals surface area (Å²) in [5, 5.41) is 129. The minimum Gasteiger partial charge on any atom is -0.508 e. The fourth-order valence-electron chi connectivity index (χ4n) is 15.0. The first kappa shape index (κ1) is 95.3. The van der Waals surface area contributed by atoms with Gasteiger partial charge in [0.2, 0.25) is 53.4 Å². The van der Waals surface area contributed by atoms with E-state index in [1.54, 1.807) is 38.3 Å². The van der Waals surface area contributed by atoms with Gasteiger partial charge in [0.05, 0.1) is 41.3 Å². The molecule has 7 aromatic rings. The van der Waals surface area contributed by atoms with Crippen molar-refractivity contribution in [2.75, 3.05) is 19.0 Å². The van der Waals surface area contributed by atoms with Crippen molar-refractivity contribution in [3.8, 4) is 62.9 Å². The topological polar surface area (TPSA) is 619 Å². The number of hydrogen-bond donors (Lipinski definition) is 22. The fourth-order valence-corrected chi connectivity index (χ4v) is 15.4. The van der Waals surface area contributed by atoms with Crippen LogP contribution in [0.25, 0.3) is 11.1 Å². The van der Waals surface area contributed by atoms with Gasteiger partial charge >= 0.3 is 18.2 Å². The maximum Gasteiger partial charge on any atom is 0.573 e. The molecule has 129 heavy (non-hydrogen) atoms. The number of nitrogens with one attached hydrogen (secondary N) is 11. The largest absolute Gasteiger partial charge is 0.573 e. The lowest BCUT2D eigenvalue weighted by Gasteiger charge is -2.48. The molecular formula is C83H87Cl2F4N13O27. The average Bonchev–Trinajstić information content (AvgIpc) is 0.763. The van der Waals surface area contributed by atoms with Crippen molar-refractivity contribution in [2.24, 2.45) is 17.4 Å². The van der Waals surface area contributed by atoms with E-state index >= 15 is 24.0 Å². The van der Waals surface area contributed by atoms with Gasteiger partial charge in [-0.25, -0.2) is 4.39 Å². The SMILES string of the molecule is CNC(CC(C)C)C(=O)NC1C(=O)NC(CC(N)=O)C(=O)NC2C(=O)NC3C(=O)NC(C(=O)NC(C(=O)NNC(=O)C(N)=O)c4cc(O)cc(O)c4-c4cc3ccc4O)C(O)c3ccc(c(Cl)c3)Oc3cc2cc(c3OC2OC(CO)C(O)C(O)C2OC2CC(C)(NCc3ccc(NC(=O)c4ccc(OC(F)(F)F)c(F)c4)cc3)C(O)C(C)O2)Oc2ccc(cc2Cl)C1O. The van der Waals surface area contributed by atoms with Crippen molar-refractivity contribution in [3.05, 3.63) is 176 Å². The van der Waals surface area contributed by atoms with Crippen LogP contribution in [0, 0.1) is 11.7 Å². The van der Waals surface area contributed by atoms with Gasteiger partial charge in [-0.1, -0.05) is 67.4 Å². The van der Waals surface area contributed by atoms with Crippen molar-refractivity contribution in [3.63, 3.8) is 0 Å². The molecule has 11 amide bonds. The highest BCUT2D eigenvalue weighted by Crippen LogP contribution is 2.50. The summed E-state index contributed by atoms with van der Waals surface area (Å²) in [6.45, 7) is 5.50. The summed E-state index contributed by atoms with van der Waals surface area (Å²) in [4.78, 5) is 157. The number of likely N-dealkylation sites (N-methyl/N-ethyl adjacent to an activating group) is 1. The quantitative estimate of drug-likeness (QED) is 0.0312. The zero-order chi connectivity index (χ0) is 93.9. The van der Waals surface area contributed by atoms with E-state index in [-0.39, 0.29) is 47.7 Å². The van der Waals surface area contributed by atoms with Gasteiger partial charge in [0.15, 0.2) is 35.5 Å². The number of hydrogen-bond acceptors (Lipinski definition) is 29. The van der Waals surface area contributed by atoms with Crippen molar-refractivity contribution < 1.29 is 149 Å². The van der Waals surface area contributed by atoms with Crippen LogP contribution in [-0.2, 0) is 68.7 Å². The molecular weight excluding hydrogens is 1760 g/mol. The third-order valence-corrected chi connectivity index (χ3v) is 22.2. The summed E-state index contributed by atoms with van der Waals surface area (Å²) in [6, 6.07) is 6.02. The molecule has 0 saturated carbocycles. The Morgan fingerprint density at radius 3 is 1.91 bits per heavy atom. The van der Waals surface area contributed by atoms with Crippen LogP contribution in [0.3, 0.4) is 0 Å². The molecule has 40 nitrogen and oxygen atoms in total. The van der Waals surface area contributed by atoms with Gasteiger partial charge in [-0.2, -0.15) is 0 Å². The molecule has 7 aromatic carbocycles. The van der Waals surface area contributed by atoms with Crippen LogP contribution in [-0.4, -0.2) is 210 Å². The van der Waals surface area contributed by atoms with Gasteiger partial charge < -0.3 is 138 Å². The number of benzene rings is 7. The molecule has 7 aliphatic heterocycles. The number of fused-ring (bicyclic) bond motifs is 15. The Labute approximate surface area is 737 Å². The van der Waals surface area contributed by atoms with Gasteiger partial charge in [0.1, 0.15) is 95.5 Å². The summed E-state index contributed by atoms with van der Waals surface area (Å²) in [5.74, 6) is -23.7. The van der Waals surface area contributed by atoms with Crippen molar-refractivity contribution >= 4 is 93.9 Å². The summed E-state index contributed by atoms with van der Waals surface area (Å²) in [5.41, 5.74) is 9.93. The standard InChI is InChI=1S/C83H87Cl2F4N13O27/c1-31(2)18-46(92-5)73(115)99-62-64(108)35-9-15-50(43(84)20-35)124-53-23-38-24-54(68(53)128-81-69(67(111)66(110)55(30-103)126-81)127-57-28-82(4,70(112)32(3)123-57)93-29-33-6-12-39(13-7-33)94-72(114)37-11-17-52(45(86)22-37)129-83(87,88)89)125-51-16-10-36(21-44(51)85)65(109)63-78(120)98-61(79(121)101-102-80(122)71(91)113)42-25-40(104)26-49(106)58(42)41-19-34(8-14-48(41)105)59(75(117)100-63)97-76(118)60(38)96-74(116)47(27-56(90)107)95-77(62)119/h6-17,19-26,31-32,46-47,55,57,59-67,69-70,81,92-93,103-106,108-112H,18,27-30H2,1-5H3,(H2,90,107)(H2,91,113)(H,94,114)(H,95,119)(H,96,116)(H,97,118)(H,98,120)(H,99,115)(H,100,117)(H,101,121)(H,102,122). The lowest BCUT2D eigenvalue weighted by atomic mass is 9.84. The van der Waals surface area contributed by atoms with Crippen LogP contribution < -0.4 is 89.1 Å². The predicted octanol–water partition coefficient (Wildman–Crippen LogP) is 1.78. The Morgan fingerprint density at radius 2 is 1.31 bits per heavy atom. The second-order valence-corrected chi connectivity index (χ2v) is 32.1. The van der Waals surface area contributed by atoms with Gasteiger partial charge in [0, 0.05) is 46.9 Å². The Balaban J connectivity index is 1.00. The number of hydrazine groups is 1. The number of aromatic hydroxyl groups is 3. The molecule has 2 saturated heterocycles. The number of carbonyl (C=O) groups is 11. The molecule has 18 unspecified atom stereocenters. The van der Waals surface area contributed by atoms with Crippen LogP contribution in [0.1, 0.15) is 121 Å². The van der Waals surface area contributed by atoms with Gasteiger partial charge in [-0.15, -0.1) is 13.2 Å². The number of nitrogens with two attached hydrogens (primary N) is 2. The van der Waals surface area contributed by atoms with Crippen LogP contribution >= 0.6 is 23.2 Å². The molecule has 14 rings (SSSR count). The molecule has 46 heteroatoms. The molecule has 24 N–H and O–H groups in total. The molecule has 0 aliphatic carbocycles. The van der Waals surface area contributed by atoms with E-state index in [2.05, 4.69) is 52.6 Å². The Bertz CT molecular complexity index is 5540. The number of alkyl halides is 3. The normalized spacial score (nSPS) is 25.5. The summed E-state index contributed by atoms with van der Waals surface area (Å²) in [6.07, 6.45) is -25.4. The molecule has 11 bridgehead atoms. The summed E-state index contributed by atoms with van der Waals surface area (Å²) >= 11 is 14.3. The third kappa shape index (κ3) is 21.8. The number of halogens is 6. The number of aliphatic hydroxyl groups is 6. The van der Waals surface area contributed by atoms with Crippen LogP contribution in [0.2, 0.25) is 10.0 Å². The number of anilines is 1. The van der Waals surface area contributed by atoms with Crippen molar-refractivity contribution in [1.82, 2.24) is 53.4 Å². The molecule has 7 heterocycles. The molecule has 688 valence electrons. The average molecular weight is 1850 g/mol. The number of phenolic OH excluding ortho intramolecular Hbond substituents is 3. The fraction of sp³-hybridized carbons (Fsp3) is 0.361. The second-order valence-electron chi connectivity index (χ2n) is 31.3. The summed E-state index contributed by atoms with van der Waals surface area (Å²) in [7, 11) is 1.44. The van der Waals surface area contributed by atoms with Gasteiger partial charge in [0.25, 0.3) is 11.8 Å². The highest BCUT2D eigenvalue weighted by molar-refractivity contribution is 6.34. The summed E-state index contributed by atoms with van der Waals surface area (Å²) < 4.78 is 96.0. The molecule has 0 spiro atoms. The number of aliphatic hydroxyl groups excluding tert-OH is 6. The van der Waals surface area contributed by atoms with E-state index in [0.29, 0.717) is 23.8 Å².